The van der Waals surface area contributed by atoms with Crippen molar-refractivity contribution in [2.24, 2.45) is 0 Å². The largest absolute Gasteiger partial charge is 1.00 e. The van der Waals surface area contributed by atoms with E-state index in [4.69, 9.17) is 0 Å². The predicted molar refractivity (Wildman–Crippen MR) is 48.3 cm³/mol. The SMILES string of the molecule is CCCC[NH+]1C=CC(CC)=C1.[F-]. The minimum absolute atomic E-state index is 0. The molecule has 2 heteroatoms. The van der Waals surface area contributed by atoms with E-state index >= 15 is 0 Å². The Balaban J connectivity index is 0.00000121. The van der Waals surface area contributed by atoms with E-state index in [2.05, 4.69) is 32.3 Å². The van der Waals surface area contributed by atoms with Crippen molar-refractivity contribution in [3.8, 4) is 0 Å². The number of hydrogen-bond acceptors (Lipinski definition) is 0. The van der Waals surface area contributed by atoms with Gasteiger partial charge in [-0.05, 0) is 12.8 Å². The average molecular weight is 171 g/mol. The summed E-state index contributed by atoms with van der Waals surface area (Å²) in [5.41, 5.74) is 1.48. The van der Waals surface area contributed by atoms with Gasteiger partial charge >= 0.3 is 0 Å². The number of rotatable bonds is 4. The molecule has 1 aliphatic rings. The molecule has 12 heavy (non-hydrogen) atoms. The van der Waals surface area contributed by atoms with Gasteiger partial charge < -0.3 is 4.70 Å². The molecule has 1 unspecified atom stereocenters. The molecule has 1 rings (SSSR count). The first kappa shape index (κ1) is 11.4. The van der Waals surface area contributed by atoms with Crippen LogP contribution in [0.5, 0.6) is 0 Å². The summed E-state index contributed by atoms with van der Waals surface area (Å²) in [5, 5.41) is 0. The second-order valence-corrected chi connectivity index (χ2v) is 3.08. The van der Waals surface area contributed by atoms with Gasteiger partial charge in [0.15, 0.2) is 0 Å². The van der Waals surface area contributed by atoms with Crippen LogP contribution in [0.15, 0.2) is 24.0 Å². The molecule has 1 nitrogen and oxygen atoms in total. The molecule has 0 spiro atoms. The van der Waals surface area contributed by atoms with Crippen LogP contribution in [0.4, 0.5) is 0 Å². The third-order valence-corrected chi connectivity index (χ3v) is 2.11. The average Bonchev–Trinajstić information content (AvgIpc) is 2.48. The van der Waals surface area contributed by atoms with Gasteiger partial charge in [0.05, 0.1) is 12.7 Å². The highest BCUT2D eigenvalue weighted by Crippen LogP contribution is 2.01. The number of unbranched alkanes of at least 4 members (excludes halogenated alkanes) is 1. The lowest BCUT2D eigenvalue weighted by molar-refractivity contribution is -0.788. The van der Waals surface area contributed by atoms with Crippen LogP contribution in [0.2, 0.25) is 0 Å². The molecular weight excluding hydrogens is 153 g/mol. The van der Waals surface area contributed by atoms with Gasteiger partial charge in [-0.25, -0.2) is 0 Å². The smallest absolute Gasteiger partial charge is 0.102 e. The minimum Gasteiger partial charge on any atom is -1.00 e. The van der Waals surface area contributed by atoms with Crippen LogP contribution < -0.4 is 9.60 Å². The van der Waals surface area contributed by atoms with E-state index < -0.39 is 0 Å². The van der Waals surface area contributed by atoms with E-state index in [9.17, 15) is 0 Å². The fourth-order valence-electron chi connectivity index (χ4n) is 1.30. The van der Waals surface area contributed by atoms with Crippen molar-refractivity contribution in [3.63, 3.8) is 0 Å². The van der Waals surface area contributed by atoms with E-state index in [0.717, 1.165) is 0 Å². The molecule has 0 amide bonds. The molecule has 70 valence electrons. The Morgan fingerprint density at radius 2 is 2.08 bits per heavy atom. The van der Waals surface area contributed by atoms with E-state index in [1.807, 2.05) is 0 Å². The first-order chi connectivity index (χ1) is 5.36. The molecule has 1 aliphatic heterocycles. The first-order valence-electron chi connectivity index (χ1n) is 4.61. The van der Waals surface area contributed by atoms with Crippen LogP contribution in [-0.2, 0) is 0 Å². The van der Waals surface area contributed by atoms with Crippen molar-refractivity contribution < 1.29 is 9.60 Å². The lowest BCUT2D eigenvalue weighted by Gasteiger charge is -2.04. The highest BCUT2D eigenvalue weighted by atomic mass is 19.0. The van der Waals surface area contributed by atoms with Gasteiger partial charge in [-0.15, -0.1) is 0 Å². The van der Waals surface area contributed by atoms with Crippen molar-refractivity contribution in [2.75, 3.05) is 6.54 Å². The van der Waals surface area contributed by atoms with E-state index in [1.165, 1.54) is 36.3 Å². The fraction of sp³-hybridized carbons (Fsp3) is 0.600. The van der Waals surface area contributed by atoms with Gasteiger partial charge in [0.2, 0.25) is 0 Å². The summed E-state index contributed by atoms with van der Waals surface area (Å²) in [5.74, 6) is 0. The number of halogens is 1. The number of allylic oxidation sites excluding steroid dienone is 2. The molecule has 1 heterocycles. The van der Waals surface area contributed by atoms with Crippen LogP contribution in [0.3, 0.4) is 0 Å². The zero-order chi connectivity index (χ0) is 8.10. The number of nitrogens with one attached hydrogen (secondary N) is 1. The Bertz CT molecular complexity index is 173. The lowest BCUT2D eigenvalue weighted by atomic mass is 10.2. The molecule has 0 radical (unpaired) electrons. The third-order valence-electron chi connectivity index (χ3n) is 2.11. The Hall–Kier alpha value is -0.630. The monoisotopic (exact) mass is 171 g/mol. The van der Waals surface area contributed by atoms with E-state index in [0.29, 0.717) is 0 Å². The summed E-state index contributed by atoms with van der Waals surface area (Å²) in [4.78, 5) is 1.52. The molecule has 0 aromatic carbocycles. The van der Waals surface area contributed by atoms with Gasteiger partial charge in [-0.1, -0.05) is 20.3 Å². The van der Waals surface area contributed by atoms with Crippen molar-refractivity contribution in [1.29, 1.82) is 0 Å². The number of quaternary nitrogens is 1. The van der Waals surface area contributed by atoms with Crippen LogP contribution in [-0.4, -0.2) is 6.54 Å². The van der Waals surface area contributed by atoms with Crippen LogP contribution in [0.1, 0.15) is 33.1 Å². The molecule has 0 bridgehead atoms. The molecule has 0 aliphatic carbocycles. The van der Waals surface area contributed by atoms with Crippen LogP contribution in [0.25, 0.3) is 0 Å². The molecule has 0 aromatic heterocycles. The Morgan fingerprint density at radius 1 is 1.33 bits per heavy atom. The predicted octanol–water partition coefficient (Wildman–Crippen LogP) is -1.50. The quantitative estimate of drug-likeness (QED) is 0.525. The molecule has 0 saturated carbocycles. The van der Waals surface area contributed by atoms with Crippen LogP contribution in [0, 0.1) is 0 Å². The zero-order valence-electron chi connectivity index (χ0n) is 7.94. The van der Waals surface area contributed by atoms with Crippen molar-refractivity contribution in [2.45, 2.75) is 33.1 Å². The Labute approximate surface area is 74.1 Å². The first-order valence-corrected chi connectivity index (χ1v) is 4.61. The van der Waals surface area contributed by atoms with Crippen molar-refractivity contribution >= 4 is 0 Å². The van der Waals surface area contributed by atoms with Crippen molar-refractivity contribution in [3.05, 3.63) is 24.0 Å². The van der Waals surface area contributed by atoms with Gasteiger partial charge in [-0.2, -0.15) is 0 Å². The maximum atomic E-state index is 2.33. The minimum atomic E-state index is 0. The summed E-state index contributed by atoms with van der Waals surface area (Å²) in [6.45, 7) is 5.71. The topological polar surface area (TPSA) is 4.44 Å². The highest BCUT2D eigenvalue weighted by Gasteiger charge is 2.07. The molecule has 0 fully saturated rings. The summed E-state index contributed by atoms with van der Waals surface area (Å²) in [7, 11) is 0. The summed E-state index contributed by atoms with van der Waals surface area (Å²) in [6, 6.07) is 0. The normalized spacial score (nSPS) is 20.5. The standard InChI is InChI=1S/C10H17N.FH/c1-3-5-7-11-8-6-10(4-2)9-11;/h6,8-9H,3-5,7H2,1-2H3;1H. The maximum Gasteiger partial charge on any atom is 0.102 e. The summed E-state index contributed by atoms with van der Waals surface area (Å²) >= 11 is 0. The molecule has 0 aromatic rings. The third kappa shape index (κ3) is 3.18. The number of hydrogen-bond donors (Lipinski definition) is 1. The van der Waals surface area contributed by atoms with Gasteiger partial charge in [0.25, 0.3) is 0 Å². The second kappa shape index (κ2) is 5.95. The second-order valence-electron chi connectivity index (χ2n) is 3.08. The zero-order valence-corrected chi connectivity index (χ0v) is 7.94. The fourth-order valence-corrected chi connectivity index (χ4v) is 1.30. The van der Waals surface area contributed by atoms with E-state index in [-0.39, 0.29) is 4.70 Å². The van der Waals surface area contributed by atoms with E-state index in [1.54, 1.807) is 0 Å². The lowest BCUT2D eigenvalue weighted by Crippen LogP contribution is -3.01. The highest BCUT2D eigenvalue weighted by molar-refractivity contribution is 5.17. The molecular formula is C10H18FN. The maximum absolute atomic E-state index is 2.33. The summed E-state index contributed by atoms with van der Waals surface area (Å²) in [6.07, 6.45) is 10.6. The Morgan fingerprint density at radius 3 is 2.58 bits per heavy atom. The molecule has 0 saturated heterocycles. The summed E-state index contributed by atoms with van der Waals surface area (Å²) < 4.78 is 0. The van der Waals surface area contributed by atoms with Crippen LogP contribution >= 0.6 is 0 Å². The molecule has 1 N–H and O–H groups in total. The van der Waals surface area contributed by atoms with Crippen molar-refractivity contribution in [1.82, 2.24) is 0 Å². The molecule has 1 atom stereocenters. The van der Waals surface area contributed by atoms with Gasteiger partial charge in [-0.3, -0.25) is 4.90 Å². The van der Waals surface area contributed by atoms with Gasteiger partial charge in [0, 0.05) is 11.6 Å². The van der Waals surface area contributed by atoms with Gasteiger partial charge in [0.1, 0.15) is 6.20 Å². The Kier molecular flexibility index (Phi) is 5.64.